The van der Waals surface area contributed by atoms with Crippen LogP contribution < -0.4 is 0 Å². The third-order valence-corrected chi connectivity index (χ3v) is 4.31. The van der Waals surface area contributed by atoms with Gasteiger partial charge in [-0.15, -0.1) is 0 Å². The highest BCUT2D eigenvalue weighted by atomic mass is 19.4. The zero-order chi connectivity index (χ0) is 19.8. The van der Waals surface area contributed by atoms with Crippen LogP contribution >= 0.6 is 0 Å². The Bertz CT molecular complexity index is 1050. The van der Waals surface area contributed by atoms with Gasteiger partial charge in [-0.1, -0.05) is 23.8 Å². The van der Waals surface area contributed by atoms with Gasteiger partial charge >= 0.3 is 12.1 Å². The summed E-state index contributed by atoms with van der Waals surface area (Å²) >= 11 is 0. The van der Waals surface area contributed by atoms with Gasteiger partial charge in [0.15, 0.2) is 0 Å². The van der Waals surface area contributed by atoms with Crippen molar-refractivity contribution in [2.75, 3.05) is 0 Å². The van der Waals surface area contributed by atoms with Crippen molar-refractivity contribution >= 4 is 22.9 Å². The Morgan fingerprint density at radius 1 is 1.19 bits per heavy atom. The van der Waals surface area contributed by atoms with Crippen molar-refractivity contribution in [2.45, 2.75) is 26.6 Å². The number of aryl methyl sites for hydroxylation is 2. The summed E-state index contributed by atoms with van der Waals surface area (Å²) in [5, 5.41) is 13.6. The highest BCUT2D eigenvalue weighted by molar-refractivity contribution is 5.92. The summed E-state index contributed by atoms with van der Waals surface area (Å²) in [6, 6.07) is 9.19. The number of carbonyl (C=O) groups is 1. The van der Waals surface area contributed by atoms with E-state index >= 15 is 0 Å². The van der Waals surface area contributed by atoms with Crippen LogP contribution in [-0.4, -0.2) is 20.9 Å². The van der Waals surface area contributed by atoms with E-state index in [1.54, 1.807) is 0 Å². The van der Waals surface area contributed by atoms with Crippen LogP contribution in [0, 0.1) is 13.8 Å². The molecule has 140 valence electrons. The molecule has 0 fully saturated rings. The summed E-state index contributed by atoms with van der Waals surface area (Å²) in [4.78, 5) is 10.8. The van der Waals surface area contributed by atoms with Crippen LogP contribution in [0.25, 0.3) is 17.0 Å². The van der Waals surface area contributed by atoms with Gasteiger partial charge in [0.2, 0.25) is 0 Å². The minimum atomic E-state index is -4.47. The zero-order valence-electron chi connectivity index (χ0n) is 14.7. The molecule has 1 N–H and O–H groups in total. The molecule has 0 aliphatic rings. The maximum atomic E-state index is 13.1. The summed E-state index contributed by atoms with van der Waals surface area (Å²) in [5.41, 5.74) is 2.86. The van der Waals surface area contributed by atoms with Crippen molar-refractivity contribution in [2.24, 2.45) is 0 Å². The highest BCUT2D eigenvalue weighted by Crippen LogP contribution is 2.32. The first-order valence-electron chi connectivity index (χ1n) is 8.20. The first kappa shape index (κ1) is 18.7. The van der Waals surface area contributed by atoms with E-state index in [1.807, 2.05) is 32.0 Å². The Morgan fingerprint density at radius 3 is 2.56 bits per heavy atom. The number of carboxylic acids is 1. The molecule has 0 saturated heterocycles. The topological polar surface area (TPSA) is 55.1 Å². The van der Waals surface area contributed by atoms with E-state index in [0.717, 1.165) is 34.9 Å². The van der Waals surface area contributed by atoms with E-state index < -0.39 is 17.7 Å². The molecule has 3 aromatic rings. The molecular weight excluding hydrogens is 357 g/mol. The molecule has 3 rings (SSSR count). The number of carboxylic acid groups (broad SMARTS) is 1. The average Bonchev–Trinajstić information content (AvgIpc) is 2.92. The number of aliphatic carboxylic acids is 1. The lowest BCUT2D eigenvalue weighted by molar-refractivity contribution is -0.137. The molecule has 27 heavy (non-hydrogen) atoms. The largest absolute Gasteiger partial charge is 0.478 e. The number of halogens is 3. The Balaban J connectivity index is 2.15. The lowest BCUT2D eigenvalue weighted by Crippen LogP contribution is -2.07. The van der Waals surface area contributed by atoms with E-state index in [-0.39, 0.29) is 6.54 Å². The van der Waals surface area contributed by atoms with Crippen molar-refractivity contribution in [3.63, 3.8) is 0 Å². The second-order valence-electron chi connectivity index (χ2n) is 6.37. The van der Waals surface area contributed by atoms with E-state index in [0.29, 0.717) is 16.6 Å². The number of hydrogen-bond acceptors (Lipinski definition) is 2. The molecule has 7 heteroatoms. The number of rotatable bonds is 4. The highest BCUT2D eigenvalue weighted by Gasteiger charge is 2.31. The average molecular weight is 374 g/mol. The standard InChI is InChI=1S/C20H17F3N2O2/c1-12-3-4-14(13(2)9-12)11-25-18-10-15(20(21,22)23)5-6-16(18)17(24-25)7-8-19(26)27/h3-10H,11H2,1-2H3,(H,26,27)/b8-7+. The summed E-state index contributed by atoms with van der Waals surface area (Å²) in [7, 11) is 0. The smallest absolute Gasteiger partial charge is 0.416 e. The molecule has 0 saturated carbocycles. The number of aromatic nitrogens is 2. The Labute approximate surface area is 153 Å². The summed E-state index contributed by atoms with van der Waals surface area (Å²) in [6.45, 7) is 4.18. The Morgan fingerprint density at radius 2 is 1.93 bits per heavy atom. The van der Waals surface area contributed by atoms with Crippen molar-refractivity contribution in [3.8, 4) is 0 Å². The number of hydrogen-bond donors (Lipinski definition) is 1. The van der Waals surface area contributed by atoms with Crippen LogP contribution in [0.4, 0.5) is 13.2 Å². The van der Waals surface area contributed by atoms with Gasteiger partial charge in [0.05, 0.1) is 23.3 Å². The summed E-state index contributed by atoms with van der Waals surface area (Å²) in [5.74, 6) is -1.15. The van der Waals surface area contributed by atoms with Gasteiger partial charge in [-0.3, -0.25) is 4.68 Å². The van der Waals surface area contributed by atoms with Crippen LogP contribution in [0.5, 0.6) is 0 Å². The van der Waals surface area contributed by atoms with Gasteiger partial charge in [-0.2, -0.15) is 18.3 Å². The lowest BCUT2D eigenvalue weighted by Gasteiger charge is -2.10. The molecule has 0 bridgehead atoms. The second kappa shape index (κ2) is 6.90. The fourth-order valence-electron chi connectivity index (χ4n) is 2.95. The molecule has 0 aliphatic carbocycles. The van der Waals surface area contributed by atoms with Crippen molar-refractivity contribution < 1.29 is 23.1 Å². The molecule has 0 atom stereocenters. The monoisotopic (exact) mass is 374 g/mol. The van der Waals surface area contributed by atoms with Crippen LogP contribution in [0.2, 0.25) is 0 Å². The Hall–Kier alpha value is -3.09. The van der Waals surface area contributed by atoms with Crippen LogP contribution in [0.1, 0.15) is 27.9 Å². The zero-order valence-corrected chi connectivity index (χ0v) is 14.7. The molecule has 0 aliphatic heterocycles. The second-order valence-corrected chi connectivity index (χ2v) is 6.37. The predicted molar refractivity (Wildman–Crippen MR) is 96.4 cm³/mol. The van der Waals surface area contributed by atoms with Gasteiger partial charge in [-0.25, -0.2) is 4.79 Å². The molecule has 0 spiro atoms. The molecular formula is C20H17F3N2O2. The fraction of sp³-hybridized carbons (Fsp3) is 0.200. The maximum absolute atomic E-state index is 13.1. The predicted octanol–water partition coefficient (Wildman–Crippen LogP) is 4.82. The van der Waals surface area contributed by atoms with Gasteiger partial charge in [-0.05, 0) is 49.2 Å². The van der Waals surface area contributed by atoms with Gasteiger partial charge in [0.1, 0.15) is 0 Å². The summed E-state index contributed by atoms with van der Waals surface area (Å²) in [6.07, 6.45) is -2.27. The quantitative estimate of drug-likeness (QED) is 0.666. The van der Waals surface area contributed by atoms with E-state index in [4.69, 9.17) is 5.11 Å². The number of nitrogens with zero attached hydrogens (tertiary/aromatic N) is 2. The molecule has 0 unspecified atom stereocenters. The van der Waals surface area contributed by atoms with E-state index in [9.17, 15) is 18.0 Å². The SMILES string of the molecule is Cc1ccc(Cn2nc(/C=C/C(=O)O)c3ccc(C(F)(F)F)cc32)c(C)c1. The lowest BCUT2D eigenvalue weighted by atomic mass is 10.1. The van der Waals surface area contributed by atoms with E-state index in [2.05, 4.69) is 5.10 Å². The summed E-state index contributed by atoms with van der Waals surface area (Å²) < 4.78 is 40.8. The molecule has 0 radical (unpaired) electrons. The van der Waals surface area contributed by atoms with Crippen molar-refractivity contribution in [1.82, 2.24) is 9.78 Å². The minimum absolute atomic E-state index is 0.283. The van der Waals surface area contributed by atoms with E-state index in [1.165, 1.54) is 16.8 Å². The number of benzene rings is 2. The molecule has 0 amide bonds. The number of fused-ring (bicyclic) bond motifs is 1. The minimum Gasteiger partial charge on any atom is -0.478 e. The van der Waals surface area contributed by atoms with Crippen molar-refractivity contribution in [3.05, 3.63) is 70.4 Å². The first-order valence-corrected chi connectivity index (χ1v) is 8.20. The van der Waals surface area contributed by atoms with Crippen LogP contribution in [-0.2, 0) is 17.5 Å². The van der Waals surface area contributed by atoms with Crippen LogP contribution in [0.3, 0.4) is 0 Å². The first-order chi connectivity index (χ1) is 12.6. The molecule has 2 aromatic carbocycles. The van der Waals surface area contributed by atoms with Gasteiger partial charge in [0.25, 0.3) is 0 Å². The third kappa shape index (κ3) is 4.02. The van der Waals surface area contributed by atoms with Crippen molar-refractivity contribution in [1.29, 1.82) is 0 Å². The third-order valence-electron chi connectivity index (χ3n) is 4.31. The molecule has 1 heterocycles. The normalized spacial score (nSPS) is 12.2. The Kier molecular flexibility index (Phi) is 4.78. The maximum Gasteiger partial charge on any atom is 0.416 e. The number of alkyl halides is 3. The molecule has 1 aromatic heterocycles. The van der Waals surface area contributed by atoms with Crippen LogP contribution in [0.15, 0.2) is 42.5 Å². The fourth-order valence-corrected chi connectivity index (χ4v) is 2.95. The molecule has 4 nitrogen and oxygen atoms in total. The van der Waals surface area contributed by atoms with Gasteiger partial charge in [0, 0.05) is 11.5 Å². The van der Waals surface area contributed by atoms with Gasteiger partial charge < -0.3 is 5.11 Å².